The van der Waals surface area contributed by atoms with E-state index in [0.29, 0.717) is 28.7 Å². The number of carbonyl (C=O) groups is 2. The van der Waals surface area contributed by atoms with Crippen LogP contribution in [-0.2, 0) is 29.1 Å². The molecule has 38 heavy (non-hydrogen) atoms. The summed E-state index contributed by atoms with van der Waals surface area (Å²) in [6, 6.07) is 11.3. The van der Waals surface area contributed by atoms with E-state index in [4.69, 9.17) is 5.11 Å². The fraction of sp³-hybridized carbons (Fsp3) is 0.321. The summed E-state index contributed by atoms with van der Waals surface area (Å²) in [5.41, 5.74) is 1.64. The Labute approximate surface area is 221 Å². The summed E-state index contributed by atoms with van der Waals surface area (Å²) in [5.74, 6) is -1.15. The van der Waals surface area contributed by atoms with E-state index in [1.807, 2.05) is 13.8 Å². The number of benzene rings is 2. The van der Waals surface area contributed by atoms with Crippen molar-refractivity contribution in [3.63, 3.8) is 0 Å². The first-order chi connectivity index (χ1) is 17.7. The molecule has 0 fully saturated rings. The summed E-state index contributed by atoms with van der Waals surface area (Å²) in [6.07, 6.45) is 0.715. The molecule has 0 saturated carbocycles. The van der Waals surface area contributed by atoms with E-state index in [0.717, 1.165) is 0 Å². The number of halogens is 1. The molecular weight excluding hydrogens is 511 g/mol. The monoisotopic (exact) mass is 542 g/mol. The first-order valence-corrected chi connectivity index (χ1v) is 13.8. The Morgan fingerprint density at radius 3 is 2.32 bits per heavy atom. The number of ketones is 1. The molecule has 1 heterocycles. The summed E-state index contributed by atoms with van der Waals surface area (Å²) >= 11 is 0. The zero-order chi connectivity index (χ0) is 28.3. The van der Waals surface area contributed by atoms with Crippen LogP contribution in [0.25, 0.3) is 11.1 Å². The van der Waals surface area contributed by atoms with Gasteiger partial charge in [-0.3, -0.25) is 9.59 Å². The van der Waals surface area contributed by atoms with Crippen LogP contribution in [0.1, 0.15) is 47.8 Å². The molecule has 1 amide bonds. The van der Waals surface area contributed by atoms with Gasteiger partial charge < -0.3 is 15.0 Å². The van der Waals surface area contributed by atoms with Crippen molar-refractivity contribution in [2.24, 2.45) is 12.5 Å². The van der Waals surface area contributed by atoms with Crippen LogP contribution in [0.2, 0.25) is 0 Å². The number of pyridine rings is 1. The van der Waals surface area contributed by atoms with Crippen LogP contribution in [0.15, 0.2) is 59.5 Å². The normalized spacial score (nSPS) is 11.8. The summed E-state index contributed by atoms with van der Waals surface area (Å²) in [6.45, 7) is 5.37. The minimum Gasteiger partial charge on any atom is -0.465 e. The van der Waals surface area contributed by atoms with Gasteiger partial charge in [0.1, 0.15) is 5.82 Å². The lowest BCUT2D eigenvalue weighted by molar-refractivity contribution is 0.103. The second kappa shape index (κ2) is 11.3. The van der Waals surface area contributed by atoms with Crippen LogP contribution in [0.4, 0.5) is 9.18 Å². The maximum atomic E-state index is 13.5. The highest BCUT2D eigenvalue weighted by Gasteiger charge is 2.25. The predicted molar refractivity (Wildman–Crippen MR) is 144 cm³/mol. The maximum absolute atomic E-state index is 13.5. The lowest BCUT2D eigenvalue weighted by Gasteiger charge is -2.26. The van der Waals surface area contributed by atoms with E-state index in [2.05, 4.69) is 5.32 Å². The molecule has 0 bridgehead atoms. The third-order valence-corrected chi connectivity index (χ3v) is 7.91. The largest absolute Gasteiger partial charge is 0.465 e. The predicted octanol–water partition coefficient (Wildman–Crippen LogP) is 4.19. The Bertz CT molecular complexity index is 1530. The number of amides is 1. The van der Waals surface area contributed by atoms with Crippen LogP contribution in [0.5, 0.6) is 0 Å². The fourth-order valence-corrected chi connectivity index (χ4v) is 5.06. The Kier molecular flexibility index (Phi) is 8.56. The average molecular weight is 543 g/mol. The molecule has 0 aliphatic carbocycles. The number of aromatic nitrogens is 1. The Hall–Kier alpha value is -3.79. The second-order valence-corrected chi connectivity index (χ2v) is 12.4. The van der Waals surface area contributed by atoms with E-state index < -0.39 is 32.9 Å². The Morgan fingerprint density at radius 2 is 1.71 bits per heavy atom. The van der Waals surface area contributed by atoms with Crippen LogP contribution in [0, 0.1) is 11.2 Å². The average Bonchev–Trinajstić information content (AvgIpc) is 2.84. The van der Waals surface area contributed by atoms with E-state index in [1.165, 1.54) is 34.9 Å². The SMILES string of the molecule is CCS(=O)(=O)Cc1ccc(C(=O)c2ccc(F)cc2)c(-c2cn(C)c(=O)cc2CC(C)(C)CNC(=O)O)c1. The van der Waals surface area contributed by atoms with Crippen molar-refractivity contribution < 1.29 is 27.5 Å². The summed E-state index contributed by atoms with van der Waals surface area (Å²) in [5, 5.41) is 11.4. The number of nitrogens with zero attached hydrogens (tertiary/aromatic N) is 1. The zero-order valence-corrected chi connectivity index (χ0v) is 22.6. The molecular formula is C28H31FN2O6S. The molecule has 2 N–H and O–H groups in total. The highest BCUT2D eigenvalue weighted by atomic mass is 32.2. The molecule has 10 heteroatoms. The standard InChI is InChI=1S/C28H31FN2O6S/c1-5-38(36,37)16-18-6-11-22(26(33)19-7-9-21(29)10-8-19)23(12-18)24-15-31(4)25(32)13-20(24)14-28(2,3)17-30-27(34)35/h6-13,15,30H,5,14,16-17H2,1-4H3,(H,34,35). The first kappa shape index (κ1) is 28.8. The van der Waals surface area contributed by atoms with Crippen LogP contribution >= 0.6 is 0 Å². The van der Waals surface area contributed by atoms with Gasteiger partial charge in [0.2, 0.25) is 0 Å². The van der Waals surface area contributed by atoms with Crippen LogP contribution < -0.4 is 10.9 Å². The second-order valence-electron chi connectivity index (χ2n) is 10.1. The van der Waals surface area contributed by atoms with Crippen LogP contribution in [-0.4, -0.2) is 42.3 Å². The fourth-order valence-electron chi connectivity index (χ4n) is 4.17. The number of carboxylic acid groups (broad SMARTS) is 1. The minimum absolute atomic E-state index is 0.0472. The first-order valence-electron chi connectivity index (χ1n) is 12.0. The van der Waals surface area contributed by atoms with E-state index in [9.17, 15) is 27.2 Å². The summed E-state index contributed by atoms with van der Waals surface area (Å²) in [4.78, 5) is 37.2. The molecule has 3 rings (SSSR count). The number of aryl methyl sites for hydroxylation is 1. The highest BCUT2D eigenvalue weighted by molar-refractivity contribution is 7.90. The van der Waals surface area contributed by atoms with Gasteiger partial charge in [-0.15, -0.1) is 0 Å². The van der Waals surface area contributed by atoms with Crippen molar-refractivity contribution >= 4 is 21.7 Å². The number of sulfone groups is 1. The summed E-state index contributed by atoms with van der Waals surface area (Å²) < 4.78 is 39.6. The van der Waals surface area contributed by atoms with Crippen molar-refractivity contribution in [2.45, 2.75) is 32.9 Å². The molecule has 0 aliphatic rings. The lowest BCUT2D eigenvalue weighted by Crippen LogP contribution is -2.34. The molecule has 0 atom stereocenters. The number of carbonyl (C=O) groups excluding carboxylic acids is 1. The van der Waals surface area contributed by atoms with Gasteiger partial charge in [0.25, 0.3) is 5.56 Å². The third-order valence-electron chi connectivity index (χ3n) is 6.25. The minimum atomic E-state index is -3.38. The molecule has 202 valence electrons. The van der Waals surface area contributed by atoms with Gasteiger partial charge >= 0.3 is 6.09 Å². The van der Waals surface area contributed by atoms with Gasteiger partial charge in [0.15, 0.2) is 15.6 Å². The van der Waals surface area contributed by atoms with Gasteiger partial charge in [-0.05, 0) is 58.9 Å². The third kappa shape index (κ3) is 7.16. The quantitative estimate of drug-likeness (QED) is 0.371. The van der Waals surface area contributed by atoms with Crippen LogP contribution in [0.3, 0.4) is 0 Å². The summed E-state index contributed by atoms with van der Waals surface area (Å²) in [7, 11) is -1.81. The highest BCUT2D eigenvalue weighted by Crippen LogP contribution is 2.33. The lowest BCUT2D eigenvalue weighted by atomic mass is 9.82. The number of nitrogens with one attached hydrogen (secondary N) is 1. The number of hydrogen-bond donors (Lipinski definition) is 2. The molecule has 0 radical (unpaired) electrons. The zero-order valence-electron chi connectivity index (χ0n) is 21.7. The van der Waals surface area contributed by atoms with Gasteiger partial charge in [-0.2, -0.15) is 0 Å². The topological polar surface area (TPSA) is 123 Å². The van der Waals surface area contributed by atoms with Gasteiger partial charge in [-0.1, -0.05) is 32.9 Å². The molecule has 0 unspecified atom stereocenters. The molecule has 0 aliphatic heterocycles. The molecule has 0 spiro atoms. The Morgan fingerprint density at radius 1 is 1.05 bits per heavy atom. The number of rotatable bonds is 10. The van der Waals surface area contributed by atoms with Crippen molar-refractivity contribution in [1.82, 2.24) is 9.88 Å². The molecule has 8 nitrogen and oxygen atoms in total. The smallest absolute Gasteiger partial charge is 0.404 e. The van der Waals surface area contributed by atoms with E-state index >= 15 is 0 Å². The van der Waals surface area contributed by atoms with Crippen molar-refractivity contribution in [1.29, 1.82) is 0 Å². The molecule has 2 aromatic carbocycles. The molecule has 1 aromatic heterocycles. The number of hydrogen-bond acceptors (Lipinski definition) is 5. The van der Waals surface area contributed by atoms with Crippen molar-refractivity contribution in [3.05, 3.63) is 93.2 Å². The van der Waals surface area contributed by atoms with E-state index in [-0.39, 0.29) is 34.7 Å². The van der Waals surface area contributed by atoms with Gasteiger partial charge in [-0.25, -0.2) is 17.6 Å². The van der Waals surface area contributed by atoms with Gasteiger partial charge in [0, 0.05) is 48.3 Å². The van der Waals surface area contributed by atoms with Crippen molar-refractivity contribution in [2.75, 3.05) is 12.3 Å². The molecule has 0 saturated heterocycles. The van der Waals surface area contributed by atoms with Crippen molar-refractivity contribution in [3.8, 4) is 11.1 Å². The maximum Gasteiger partial charge on any atom is 0.404 e. The Balaban J connectivity index is 2.23. The molecule has 3 aromatic rings. The van der Waals surface area contributed by atoms with E-state index in [1.54, 1.807) is 38.4 Å². The van der Waals surface area contributed by atoms with Gasteiger partial charge in [0.05, 0.1) is 5.75 Å².